The molecule has 59 heavy (non-hydrogen) atoms. The molecule has 0 aromatic heterocycles. The Hall–Kier alpha value is -6.22. The van der Waals surface area contributed by atoms with Crippen molar-refractivity contribution in [2.45, 2.75) is 38.9 Å². The van der Waals surface area contributed by atoms with E-state index in [4.69, 9.17) is 42.1 Å². The number of fused-ring (bicyclic) bond motifs is 5. The number of ether oxygens (including phenoxy) is 4. The molecule has 7 aromatic carbocycles. The third-order valence-corrected chi connectivity index (χ3v) is 10.3. The van der Waals surface area contributed by atoms with Crippen molar-refractivity contribution in [1.82, 2.24) is 0 Å². The summed E-state index contributed by atoms with van der Waals surface area (Å²) in [5.41, 5.74) is 7.97. The van der Waals surface area contributed by atoms with Gasteiger partial charge in [0.25, 0.3) is 0 Å². The van der Waals surface area contributed by atoms with Crippen molar-refractivity contribution in [1.29, 1.82) is 0 Å². The molecule has 0 fully saturated rings. The molecule has 0 N–H and O–H groups in total. The molecular formula is C49H42Cl2N2O6. The normalized spacial score (nSPS) is 14.7. The second-order valence-corrected chi connectivity index (χ2v) is 14.9. The summed E-state index contributed by atoms with van der Waals surface area (Å²) >= 11 is 9.53. The molecule has 5 aliphatic rings. The largest absolute Gasteiger partial charge is 0.490 e. The maximum atomic E-state index is 12.8. The number of benzene rings is 7. The Bertz CT molecular complexity index is 2400. The van der Waals surface area contributed by atoms with Gasteiger partial charge in [0.05, 0.1) is 41.3 Å². The molecule has 0 saturated carbocycles. The van der Waals surface area contributed by atoms with E-state index in [-0.39, 0.29) is 43.3 Å². The summed E-state index contributed by atoms with van der Waals surface area (Å²) < 4.78 is 23.3. The monoisotopic (exact) mass is 824 g/mol. The average molecular weight is 826 g/mol. The van der Waals surface area contributed by atoms with Crippen molar-refractivity contribution in [3.05, 3.63) is 157 Å². The van der Waals surface area contributed by atoms with E-state index in [2.05, 4.69) is 107 Å². The van der Waals surface area contributed by atoms with Crippen LogP contribution in [-0.4, -0.2) is 30.5 Å². The summed E-state index contributed by atoms with van der Waals surface area (Å²) in [7, 11) is 0. The lowest BCUT2D eigenvalue weighted by atomic mass is 9.93. The minimum Gasteiger partial charge on any atom is -0.490 e. The van der Waals surface area contributed by atoms with Gasteiger partial charge in [0.15, 0.2) is 11.5 Å². The van der Waals surface area contributed by atoms with E-state index in [0.717, 1.165) is 56.0 Å². The van der Waals surface area contributed by atoms with Crippen molar-refractivity contribution >= 4 is 90.8 Å². The van der Waals surface area contributed by atoms with Crippen LogP contribution in [0.4, 0.5) is 34.1 Å². The van der Waals surface area contributed by atoms with Gasteiger partial charge in [-0.25, -0.2) is 0 Å². The number of hydrogen-bond donors (Lipinski definition) is 0. The van der Waals surface area contributed by atoms with Crippen molar-refractivity contribution in [3.8, 4) is 11.5 Å². The Morgan fingerprint density at radius 1 is 0.441 bits per heavy atom. The van der Waals surface area contributed by atoms with Crippen LogP contribution in [0.2, 0.25) is 0 Å². The maximum Gasteiger partial charge on any atom is 0.306 e. The van der Waals surface area contributed by atoms with Crippen LogP contribution in [0, 0.1) is 0 Å². The lowest BCUT2D eigenvalue weighted by Crippen LogP contribution is -2.24. The molecule has 5 aliphatic heterocycles. The Kier molecular flexibility index (Phi) is 12.5. The molecule has 6 bridgehead atoms. The van der Waals surface area contributed by atoms with Crippen molar-refractivity contribution < 1.29 is 28.5 Å². The first-order valence-corrected chi connectivity index (χ1v) is 20.7. The smallest absolute Gasteiger partial charge is 0.306 e. The van der Waals surface area contributed by atoms with Gasteiger partial charge in [0, 0.05) is 35.0 Å². The average Bonchev–Trinajstić information content (AvgIpc) is 3.28. The van der Waals surface area contributed by atoms with Crippen LogP contribution in [0.5, 0.6) is 11.5 Å². The Balaban J connectivity index is 0.00000157. The lowest BCUT2D eigenvalue weighted by molar-refractivity contribution is -0.146. The minimum atomic E-state index is -0.285. The summed E-state index contributed by atoms with van der Waals surface area (Å²) in [4.78, 5) is 30.2. The van der Waals surface area contributed by atoms with Crippen LogP contribution < -0.4 is 19.3 Å². The number of para-hydroxylation sites is 4. The van der Waals surface area contributed by atoms with Gasteiger partial charge in [-0.05, 0) is 83.3 Å². The van der Waals surface area contributed by atoms with Crippen LogP contribution in [-0.2, 0) is 32.3 Å². The second-order valence-electron chi connectivity index (χ2n) is 14.1. The number of anilines is 6. The van der Waals surface area contributed by atoms with Crippen molar-refractivity contribution in [3.63, 3.8) is 0 Å². The van der Waals surface area contributed by atoms with Crippen LogP contribution in [0.15, 0.2) is 146 Å². The number of carbonyl (C=O) groups is 2. The van der Waals surface area contributed by atoms with Gasteiger partial charge in [-0.2, -0.15) is 0 Å². The van der Waals surface area contributed by atoms with E-state index in [0.29, 0.717) is 37.6 Å². The summed E-state index contributed by atoms with van der Waals surface area (Å²) in [5, 5.41) is 4.78. The Morgan fingerprint density at radius 2 is 0.797 bits per heavy atom. The molecule has 0 aliphatic carbocycles. The first-order chi connectivity index (χ1) is 29.0. The summed E-state index contributed by atoms with van der Waals surface area (Å²) in [6, 6.07) is 49.5. The highest BCUT2D eigenvalue weighted by atomic mass is 35.5. The van der Waals surface area contributed by atoms with E-state index < -0.39 is 0 Å². The summed E-state index contributed by atoms with van der Waals surface area (Å²) in [5.74, 6) is 0.611. The summed E-state index contributed by atoms with van der Waals surface area (Å²) in [6.07, 6.45) is 1.44. The zero-order chi connectivity index (χ0) is 40.6. The highest BCUT2D eigenvalue weighted by Gasteiger charge is 2.34. The van der Waals surface area contributed by atoms with E-state index in [9.17, 15) is 9.59 Å². The highest BCUT2D eigenvalue weighted by Crippen LogP contribution is 2.58. The maximum absolute atomic E-state index is 12.8. The van der Waals surface area contributed by atoms with Gasteiger partial charge in [-0.15, -0.1) is 23.2 Å². The number of alkyl halides is 2. The number of rotatable bonds is 0. The van der Waals surface area contributed by atoms with Gasteiger partial charge in [0.2, 0.25) is 0 Å². The fourth-order valence-corrected chi connectivity index (χ4v) is 7.62. The van der Waals surface area contributed by atoms with Gasteiger partial charge in [0.1, 0.15) is 13.2 Å². The molecule has 0 radical (unpaired) electrons. The SMILES string of the molecule is ClCCl.O=C1CCCOc2ccccc2OCCCC(=O)OCc2ccc(cc2)N2c3ccccc3N(c3ccc(cc3)CO1)c1c2c2ccccc2c2ccccc12. The first kappa shape index (κ1) is 39.6. The van der Waals surface area contributed by atoms with Gasteiger partial charge in [-0.1, -0.05) is 97.1 Å². The van der Waals surface area contributed by atoms with Crippen molar-refractivity contribution in [2.24, 2.45) is 0 Å². The molecule has 10 heteroatoms. The van der Waals surface area contributed by atoms with Gasteiger partial charge >= 0.3 is 11.9 Å². The number of nitrogens with zero attached hydrogens (tertiary/aromatic N) is 2. The zero-order valence-electron chi connectivity index (χ0n) is 32.3. The van der Waals surface area contributed by atoms with E-state index in [1.54, 1.807) is 0 Å². The van der Waals surface area contributed by atoms with Crippen molar-refractivity contribution in [2.75, 3.05) is 28.4 Å². The van der Waals surface area contributed by atoms with Crippen LogP contribution in [0.1, 0.15) is 36.8 Å². The molecule has 0 atom stereocenters. The minimum absolute atomic E-state index is 0.175. The number of esters is 2. The molecule has 0 amide bonds. The van der Waals surface area contributed by atoms with Crippen LogP contribution in [0.25, 0.3) is 21.5 Å². The molecule has 0 saturated heterocycles. The molecule has 0 unspecified atom stereocenters. The Morgan fingerprint density at radius 3 is 1.20 bits per heavy atom. The Labute approximate surface area is 353 Å². The third kappa shape index (κ3) is 8.65. The molecule has 8 nitrogen and oxygen atoms in total. The lowest BCUT2D eigenvalue weighted by Gasteiger charge is -2.42. The molecule has 298 valence electrons. The standard InChI is InChI=1S/C48H40N2O6.CH2Cl2/c51-45-19-9-29-53-43-17-7-8-18-44(43)54-30-10-20-46(52)56-32-34-23-27-36(28-24-34)50-42-16-6-5-15-41(42)49(35-25-21-33(22-26-35)31-55-45)47-39-13-3-1-11-37(39)38-12-2-4-14-40(38)48(47)50;2-1-3/h1-8,11-18,21-28H,9-10,19-20,29-32H2;1H2. The number of hydrogen-bond acceptors (Lipinski definition) is 8. The first-order valence-electron chi connectivity index (χ1n) is 19.6. The molecule has 0 spiro atoms. The predicted molar refractivity (Wildman–Crippen MR) is 236 cm³/mol. The third-order valence-electron chi connectivity index (χ3n) is 10.3. The molecule has 5 heterocycles. The van der Waals surface area contributed by atoms with Gasteiger partial charge in [-0.3, -0.25) is 9.59 Å². The fraction of sp³-hybridized carbons (Fsp3) is 0.184. The highest BCUT2D eigenvalue weighted by molar-refractivity contribution is 6.40. The van der Waals surface area contributed by atoms with E-state index in [1.165, 1.54) is 10.8 Å². The zero-order valence-corrected chi connectivity index (χ0v) is 33.8. The number of halogens is 2. The molecule has 12 rings (SSSR count). The number of carbonyl (C=O) groups excluding carboxylic acids is 2. The second kappa shape index (κ2) is 18.6. The van der Waals surface area contributed by atoms with E-state index >= 15 is 0 Å². The van der Waals surface area contributed by atoms with Crippen LogP contribution >= 0.6 is 23.2 Å². The topological polar surface area (TPSA) is 77.5 Å². The molecular weight excluding hydrogens is 783 g/mol. The predicted octanol–water partition coefficient (Wildman–Crippen LogP) is 12.8. The molecule has 7 aromatic rings. The van der Waals surface area contributed by atoms with Crippen LogP contribution in [0.3, 0.4) is 0 Å². The van der Waals surface area contributed by atoms with E-state index in [1.807, 2.05) is 48.5 Å². The fourth-order valence-electron chi connectivity index (χ4n) is 7.62. The van der Waals surface area contributed by atoms with Gasteiger partial charge < -0.3 is 28.7 Å². The summed E-state index contributed by atoms with van der Waals surface area (Å²) in [6.45, 7) is 1.01. The quantitative estimate of drug-likeness (QED) is 0.0850.